The molecule has 0 aliphatic heterocycles. The van der Waals surface area contributed by atoms with Crippen molar-refractivity contribution in [2.24, 2.45) is 28.6 Å². The molecule has 0 saturated heterocycles. The molecule has 6 rings (SSSR count). The fourth-order valence-electron chi connectivity index (χ4n) is 8.82. The van der Waals surface area contributed by atoms with E-state index in [0.717, 1.165) is 51.4 Å². The Morgan fingerprint density at radius 2 is 1.48 bits per heavy atom. The smallest absolute Gasteiger partial charge is 0.338 e. The molecule has 5 nitrogen and oxygen atoms in total. The van der Waals surface area contributed by atoms with E-state index in [0.29, 0.717) is 34.4 Å². The minimum Gasteiger partial charge on any atom is -0.462 e. The van der Waals surface area contributed by atoms with E-state index in [4.69, 9.17) is 9.47 Å². The van der Waals surface area contributed by atoms with Crippen molar-refractivity contribution >= 4 is 17.7 Å². The quantitative estimate of drug-likeness (QED) is 0.225. The highest BCUT2D eigenvalue weighted by atomic mass is 16.5. The van der Waals surface area contributed by atoms with Gasteiger partial charge in [0, 0.05) is 29.9 Å². The maximum absolute atomic E-state index is 13.2. The van der Waals surface area contributed by atoms with Crippen LogP contribution in [0.15, 0.2) is 66.2 Å². The van der Waals surface area contributed by atoms with Crippen LogP contribution in [0, 0.1) is 28.6 Å². The summed E-state index contributed by atoms with van der Waals surface area (Å²) in [5, 5.41) is 0. The highest BCUT2D eigenvalue weighted by Gasteiger charge is 2.59. The van der Waals surface area contributed by atoms with Crippen LogP contribution in [0.2, 0.25) is 0 Å². The van der Waals surface area contributed by atoms with Gasteiger partial charge in [0.05, 0.1) is 5.56 Å². The van der Waals surface area contributed by atoms with E-state index in [1.165, 1.54) is 12.5 Å². The van der Waals surface area contributed by atoms with Crippen LogP contribution < -0.4 is 0 Å². The highest BCUT2D eigenvalue weighted by molar-refractivity contribution is 6.09. The molecule has 0 aromatic heterocycles. The molecule has 3 saturated carbocycles. The summed E-state index contributed by atoms with van der Waals surface area (Å²) in [6.07, 6.45) is 10.6. The van der Waals surface area contributed by atoms with Crippen molar-refractivity contribution in [3.05, 3.63) is 82.9 Å². The zero-order valence-electron chi connectivity index (χ0n) is 23.9. The molecule has 7 atom stereocenters. The number of carbonyl (C=O) groups excluding carboxylic acids is 3. The first-order valence-electron chi connectivity index (χ1n) is 15.0. The molecular formula is C35H40O5. The zero-order chi connectivity index (χ0) is 28.1. The first-order valence-corrected chi connectivity index (χ1v) is 15.0. The van der Waals surface area contributed by atoms with Crippen LogP contribution >= 0.6 is 0 Å². The Hall–Kier alpha value is -3.21. The normalized spacial score (nSPS) is 34.5. The van der Waals surface area contributed by atoms with Crippen molar-refractivity contribution in [1.29, 1.82) is 0 Å². The van der Waals surface area contributed by atoms with Gasteiger partial charge in [-0.2, -0.15) is 0 Å². The Kier molecular flexibility index (Phi) is 6.96. The molecule has 0 amide bonds. The monoisotopic (exact) mass is 540 g/mol. The topological polar surface area (TPSA) is 69.7 Å². The van der Waals surface area contributed by atoms with Crippen molar-refractivity contribution in [2.75, 3.05) is 0 Å². The molecule has 4 aliphatic rings. The molecule has 0 spiro atoms. The van der Waals surface area contributed by atoms with Crippen molar-refractivity contribution in [3.8, 4) is 0 Å². The lowest BCUT2D eigenvalue weighted by Crippen LogP contribution is -2.51. The van der Waals surface area contributed by atoms with Gasteiger partial charge in [-0.15, -0.1) is 0 Å². The summed E-state index contributed by atoms with van der Waals surface area (Å²) < 4.78 is 11.8. The van der Waals surface area contributed by atoms with Crippen molar-refractivity contribution < 1.29 is 23.9 Å². The van der Waals surface area contributed by atoms with Gasteiger partial charge in [0.1, 0.15) is 12.2 Å². The summed E-state index contributed by atoms with van der Waals surface area (Å²) in [6.45, 7) is 6.30. The summed E-state index contributed by atoms with van der Waals surface area (Å²) in [6, 6.07) is 16.0. The minimum atomic E-state index is -0.297. The van der Waals surface area contributed by atoms with Crippen LogP contribution in [0.3, 0.4) is 0 Å². The Bertz CT molecular complexity index is 1330. The molecule has 0 bridgehead atoms. The largest absolute Gasteiger partial charge is 0.462 e. The van der Waals surface area contributed by atoms with E-state index in [9.17, 15) is 14.4 Å². The van der Waals surface area contributed by atoms with E-state index < -0.39 is 0 Å². The Balaban J connectivity index is 1.13. The molecule has 40 heavy (non-hydrogen) atoms. The van der Waals surface area contributed by atoms with Crippen LogP contribution in [0.25, 0.3) is 0 Å². The highest BCUT2D eigenvalue weighted by Crippen LogP contribution is 2.65. The number of fused-ring (bicyclic) bond motifs is 5. The van der Waals surface area contributed by atoms with Crippen molar-refractivity contribution in [2.45, 2.75) is 84.3 Å². The van der Waals surface area contributed by atoms with Gasteiger partial charge in [0.25, 0.3) is 0 Å². The molecule has 4 aliphatic carbocycles. The molecule has 2 aromatic rings. The SMILES string of the molecule is CC(=O)O[C@H]1CC[C@@]2(C)C(=CC[C@H]3[C@@H]4CC[C@H](OC(=O)c5ccc(C(=O)c6ccccc6)cc5)[C@@]4(C)CC[C@@H]32)C1. The zero-order valence-corrected chi connectivity index (χ0v) is 23.9. The van der Waals surface area contributed by atoms with Crippen LogP contribution in [0.4, 0.5) is 0 Å². The molecule has 2 aromatic carbocycles. The van der Waals surface area contributed by atoms with Gasteiger partial charge < -0.3 is 9.47 Å². The van der Waals surface area contributed by atoms with E-state index in [1.54, 1.807) is 36.4 Å². The first kappa shape index (κ1) is 27.0. The third kappa shape index (κ3) is 4.61. The third-order valence-electron chi connectivity index (χ3n) is 11.0. The second kappa shape index (κ2) is 10.3. The molecule has 0 heterocycles. The lowest BCUT2D eigenvalue weighted by molar-refractivity contribution is -0.148. The minimum absolute atomic E-state index is 0.0167. The summed E-state index contributed by atoms with van der Waals surface area (Å²) in [4.78, 5) is 37.5. The number of ketones is 1. The van der Waals surface area contributed by atoms with Crippen molar-refractivity contribution in [3.63, 3.8) is 0 Å². The number of allylic oxidation sites excluding steroid dienone is 1. The van der Waals surface area contributed by atoms with Gasteiger partial charge in [-0.3, -0.25) is 9.59 Å². The predicted molar refractivity (Wildman–Crippen MR) is 153 cm³/mol. The lowest BCUT2D eigenvalue weighted by atomic mass is 9.48. The summed E-state index contributed by atoms with van der Waals surface area (Å²) in [5.41, 5.74) is 3.34. The molecule has 0 unspecified atom stereocenters. The average Bonchev–Trinajstić information content (AvgIpc) is 3.29. The molecule has 5 heteroatoms. The Morgan fingerprint density at radius 1 is 0.775 bits per heavy atom. The number of hydrogen-bond donors (Lipinski definition) is 0. The van der Waals surface area contributed by atoms with E-state index in [-0.39, 0.29) is 40.8 Å². The maximum atomic E-state index is 13.2. The summed E-state index contributed by atoms with van der Waals surface area (Å²) in [5.74, 6) is 1.24. The van der Waals surface area contributed by atoms with Gasteiger partial charge in [-0.05, 0) is 80.2 Å². The van der Waals surface area contributed by atoms with Crippen LogP contribution in [0.5, 0.6) is 0 Å². The fourth-order valence-corrected chi connectivity index (χ4v) is 8.82. The number of rotatable bonds is 5. The lowest BCUT2D eigenvalue weighted by Gasteiger charge is -2.57. The van der Waals surface area contributed by atoms with E-state index in [2.05, 4.69) is 19.9 Å². The first-order chi connectivity index (χ1) is 19.2. The van der Waals surface area contributed by atoms with Crippen LogP contribution in [-0.2, 0) is 14.3 Å². The number of esters is 2. The molecule has 0 N–H and O–H groups in total. The second-order valence-corrected chi connectivity index (χ2v) is 13.0. The summed E-state index contributed by atoms with van der Waals surface area (Å²) in [7, 11) is 0. The maximum Gasteiger partial charge on any atom is 0.338 e. The van der Waals surface area contributed by atoms with E-state index in [1.807, 2.05) is 18.2 Å². The second-order valence-electron chi connectivity index (χ2n) is 13.0. The third-order valence-corrected chi connectivity index (χ3v) is 11.0. The van der Waals surface area contributed by atoms with Gasteiger partial charge in [-0.25, -0.2) is 4.79 Å². The molecular weight excluding hydrogens is 500 g/mol. The molecule has 0 radical (unpaired) electrons. The van der Waals surface area contributed by atoms with Crippen LogP contribution in [0.1, 0.15) is 98.4 Å². The summed E-state index contributed by atoms with van der Waals surface area (Å²) >= 11 is 0. The molecule has 210 valence electrons. The standard InChI is InChI=1S/C35H40O5/c1-22(36)39-27-17-19-34(2)26(21-27)13-14-28-29-15-16-31(35(29,3)20-18-30(28)34)40-33(38)25-11-9-24(10-12-25)32(37)23-7-5-4-6-8-23/h4-13,27-31H,14-21H2,1-3H3/t27-,28-,29-,30-,31-,34-,35-/m0/s1. The van der Waals surface area contributed by atoms with E-state index >= 15 is 0 Å². The van der Waals surface area contributed by atoms with Crippen LogP contribution in [-0.4, -0.2) is 29.9 Å². The van der Waals surface area contributed by atoms with Gasteiger partial charge >= 0.3 is 11.9 Å². The Morgan fingerprint density at radius 3 is 2.20 bits per heavy atom. The molecule has 3 fully saturated rings. The van der Waals surface area contributed by atoms with Gasteiger partial charge in [0.15, 0.2) is 5.78 Å². The van der Waals surface area contributed by atoms with Gasteiger partial charge in [0.2, 0.25) is 0 Å². The van der Waals surface area contributed by atoms with Crippen molar-refractivity contribution in [1.82, 2.24) is 0 Å². The number of benzene rings is 2. The predicted octanol–water partition coefficient (Wildman–Crippen LogP) is 7.34. The fraction of sp³-hybridized carbons (Fsp3) is 0.514. The van der Waals surface area contributed by atoms with Gasteiger partial charge in [-0.1, -0.05) is 68.0 Å². The average molecular weight is 541 g/mol. The number of hydrogen-bond acceptors (Lipinski definition) is 5. The number of ether oxygens (including phenoxy) is 2. The Labute approximate surface area is 237 Å². The number of carbonyl (C=O) groups is 3.